The number of carbonyl (C=O) groups is 2. The van der Waals surface area contributed by atoms with Crippen molar-refractivity contribution in [2.75, 3.05) is 63.9 Å². The number of ether oxygens (including phenoxy) is 1. The lowest BCUT2D eigenvalue weighted by atomic mass is 10.1. The molecule has 0 atom stereocenters. The molecule has 7 heteroatoms. The predicted molar refractivity (Wildman–Crippen MR) is 135 cm³/mol. The summed E-state index contributed by atoms with van der Waals surface area (Å²) in [5, 5.41) is 0. The van der Waals surface area contributed by atoms with Gasteiger partial charge in [0.1, 0.15) is 0 Å². The van der Waals surface area contributed by atoms with Crippen LogP contribution >= 0.6 is 0 Å². The average Bonchev–Trinajstić information content (AvgIpc) is 2.85. The molecule has 0 N–H and O–H groups in total. The van der Waals surface area contributed by atoms with Crippen LogP contribution in [-0.4, -0.2) is 91.6 Å². The second-order valence-electron chi connectivity index (χ2n) is 10.0. The number of benzene rings is 1. The van der Waals surface area contributed by atoms with Crippen LogP contribution in [0, 0.1) is 0 Å². The highest BCUT2D eigenvalue weighted by molar-refractivity contribution is 5.92. The fourth-order valence-corrected chi connectivity index (χ4v) is 5.69. The van der Waals surface area contributed by atoms with Crippen LogP contribution in [0.15, 0.2) is 24.3 Å². The average molecular weight is 471 g/mol. The Bertz CT molecular complexity index is 805. The molecule has 1 aromatic rings. The number of amides is 2. The van der Waals surface area contributed by atoms with E-state index in [9.17, 15) is 9.59 Å². The highest BCUT2D eigenvalue weighted by Gasteiger charge is 2.25. The largest absolute Gasteiger partial charge is 0.381 e. The monoisotopic (exact) mass is 470 g/mol. The third-order valence-corrected chi connectivity index (χ3v) is 7.59. The lowest BCUT2D eigenvalue weighted by Crippen LogP contribution is -2.45. The molecule has 0 aliphatic carbocycles. The van der Waals surface area contributed by atoms with E-state index in [0.717, 1.165) is 82.9 Å². The first-order valence-corrected chi connectivity index (χ1v) is 13.3. The third kappa shape index (κ3) is 6.80. The van der Waals surface area contributed by atoms with Gasteiger partial charge in [-0.3, -0.25) is 14.5 Å². The Morgan fingerprint density at radius 3 is 2.32 bits per heavy atom. The molecular formula is C27H42N4O3. The number of piperidine rings is 1. The Morgan fingerprint density at radius 2 is 1.59 bits per heavy atom. The minimum atomic E-state index is 0.0633. The lowest BCUT2D eigenvalue weighted by Gasteiger charge is -2.37. The topological polar surface area (TPSA) is 56.3 Å². The quantitative estimate of drug-likeness (QED) is 0.679. The fraction of sp³-hybridized carbons (Fsp3) is 0.704. The molecule has 2 saturated heterocycles. The molecule has 188 valence electrons. The summed E-state index contributed by atoms with van der Waals surface area (Å²) in [5.41, 5.74) is 2.01. The van der Waals surface area contributed by atoms with Gasteiger partial charge in [-0.25, -0.2) is 0 Å². The second-order valence-corrected chi connectivity index (χ2v) is 10.0. The van der Waals surface area contributed by atoms with Crippen molar-refractivity contribution in [3.63, 3.8) is 0 Å². The van der Waals surface area contributed by atoms with E-state index in [1.807, 2.05) is 28.0 Å². The number of para-hydroxylation sites is 1. The molecule has 7 nitrogen and oxygen atoms in total. The van der Waals surface area contributed by atoms with E-state index < -0.39 is 0 Å². The summed E-state index contributed by atoms with van der Waals surface area (Å²) in [6.07, 6.45) is 7.69. The van der Waals surface area contributed by atoms with E-state index in [-0.39, 0.29) is 11.8 Å². The Kier molecular flexibility index (Phi) is 9.36. The fourth-order valence-electron chi connectivity index (χ4n) is 5.69. The number of fused-ring (bicyclic) bond motifs is 1. The van der Waals surface area contributed by atoms with Gasteiger partial charge in [0.2, 0.25) is 11.8 Å². The van der Waals surface area contributed by atoms with Crippen LogP contribution in [0.4, 0.5) is 5.69 Å². The zero-order valence-corrected chi connectivity index (χ0v) is 20.9. The van der Waals surface area contributed by atoms with Crippen LogP contribution in [0.3, 0.4) is 0 Å². The summed E-state index contributed by atoms with van der Waals surface area (Å²) in [6, 6.07) is 8.66. The summed E-state index contributed by atoms with van der Waals surface area (Å²) in [5.74, 6) is 0.272. The maximum atomic E-state index is 13.5. The molecule has 3 aliphatic heterocycles. The molecule has 0 bridgehead atoms. The summed E-state index contributed by atoms with van der Waals surface area (Å²) < 4.78 is 5.60. The molecule has 3 aliphatic rings. The van der Waals surface area contributed by atoms with Gasteiger partial charge in [0, 0.05) is 64.6 Å². The van der Waals surface area contributed by atoms with Crippen LogP contribution < -0.4 is 4.90 Å². The first kappa shape index (κ1) is 25.1. The zero-order valence-electron chi connectivity index (χ0n) is 20.9. The van der Waals surface area contributed by atoms with Crippen molar-refractivity contribution in [2.45, 2.75) is 64.5 Å². The number of hydrogen-bond acceptors (Lipinski definition) is 5. The van der Waals surface area contributed by atoms with Crippen LogP contribution in [0.1, 0.15) is 57.4 Å². The standard InChI is InChI=1S/C27H42N4O3/c1-23(32)31-18-8-16-29(25-11-19-34-20-12-25)15-7-17-30(21-24-9-3-4-10-26(24)31)27(33)22-28-13-5-2-6-14-28/h3-4,9-10,25H,2,5-8,11-22H2,1H3. The van der Waals surface area contributed by atoms with Crippen LogP contribution in [0.5, 0.6) is 0 Å². The third-order valence-electron chi connectivity index (χ3n) is 7.59. The zero-order chi connectivity index (χ0) is 23.8. The van der Waals surface area contributed by atoms with E-state index in [2.05, 4.69) is 15.9 Å². The summed E-state index contributed by atoms with van der Waals surface area (Å²) in [7, 11) is 0. The van der Waals surface area contributed by atoms with Gasteiger partial charge >= 0.3 is 0 Å². The predicted octanol–water partition coefficient (Wildman–Crippen LogP) is 3.13. The molecular weight excluding hydrogens is 428 g/mol. The maximum absolute atomic E-state index is 13.5. The van der Waals surface area contributed by atoms with Gasteiger partial charge in [0.15, 0.2) is 0 Å². The summed E-state index contributed by atoms with van der Waals surface area (Å²) in [6.45, 7) is 9.82. The van der Waals surface area contributed by atoms with Gasteiger partial charge in [-0.1, -0.05) is 24.6 Å². The first-order chi connectivity index (χ1) is 16.6. The van der Waals surface area contributed by atoms with E-state index in [1.54, 1.807) is 6.92 Å². The number of likely N-dealkylation sites (tertiary alicyclic amines) is 1. The van der Waals surface area contributed by atoms with Crippen molar-refractivity contribution in [1.29, 1.82) is 0 Å². The van der Waals surface area contributed by atoms with Crippen LogP contribution in [0.2, 0.25) is 0 Å². The molecule has 2 amide bonds. The molecule has 3 heterocycles. The minimum Gasteiger partial charge on any atom is -0.381 e. The first-order valence-electron chi connectivity index (χ1n) is 13.3. The maximum Gasteiger partial charge on any atom is 0.237 e. The molecule has 0 unspecified atom stereocenters. The minimum absolute atomic E-state index is 0.0633. The van der Waals surface area contributed by atoms with Gasteiger partial charge in [-0.05, 0) is 63.2 Å². The second kappa shape index (κ2) is 12.7. The van der Waals surface area contributed by atoms with Gasteiger partial charge in [-0.2, -0.15) is 0 Å². The summed E-state index contributed by atoms with van der Waals surface area (Å²) >= 11 is 0. The number of anilines is 1. The highest BCUT2D eigenvalue weighted by Crippen LogP contribution is 2.25. The molecule has 2 fully saturated rings. The van der Waals surface area contributed by atoms with Crippen molar-refractivity contribution >= 4 is 17.5 Å². The number of carbonyl (C=O) groups excluding carboxylic acids is 2. The van der Waals surface area contributed by atoms with E-state index >= 15 is 0 Å². The molecule has 1 aromatic carbocycles. The van der Waals surface area contributed by atoms with Crippen molar-refractivity contribution in [2.24, 2.45) is 0 Å². The van der Waals surface area contributed by atoms with Crippen molar-refractivity contribution in [1.82, 2.24) is 14.7 Å². The molecule has 0 spiro atoms. The van der Waals surface area contributed by atoms with E-state index in [4.69, 9.17) is 4.74 Å². The van der Waals surface area contributed by atoms with E-state index in [0.29, 0.717) is 25.7 Å². The summed E-state index contributed by atoms with van der Waals surface area (Å²) in [4.78, 5) is 35.0. The van der Waals surface area contributed by atoms with E-state index in [1.165, 1.54) is 19.3 Å². The Hall–Kier alpha value is -1.96. The number of nitrogens with zero attached hydrogens (tertiary/aromatic N) is 4. The molecule has 34 heavy (non-hydrogen) atoms. The number of rotatable bonds is 3. The Balaban J connectivity index is 1.54. The smallest absolute Gasteiger partial charge is 0.237 e. The van der Waals surface area contributed by atoms with Gasteiger partial charge in [0.05, 0.1) is 6.54 Å². The molecule has 0 saturated carbocycles. The SMILES string of the molecule is CC(=O)N1CCCN(C2CCOCC2)CCCN(C(=O)CN2CCCCC2)Cc2ccccc21. The number of hydrogen-bond donors (Lipinski definition) is 0. The van der Waals surface area contributed by atoms with Crippen LogP contribution in [-0.2, 0) is 20.9 Å². The van der Waals surface area contributed by atoms with Crippen molar-refractivity contribution < 1.29 is 14.3 Å². The molecule has 0 aromatic heterocycles. The molecule has 0 radical (unpaired) electrons. The Labute approximate surface area is 205 Å². The van der Waals surface area contributed by atoms with Crippen LogP contribution in [0.25, 0.3) is 0 Å². The highest BCUT2D eigenvalue weighted by atomic mass is 16.5. The van der Waals surface area contributed by atoms with Gasteiger partial charge < -0.3 is 19.4 Å². The van der Waals surface area contributed by atoms with Crippen molar-refractivity contribution in [3.8, 4) is 0 Å². The Morgan fingerprint density at radius 1 is 0.882 bits per heavy atom. The van der Waals surface area contributed by atoms with Gasteiger partial charge in [0.25, 0.3) is 0 Å². The lowest BCUT2D eigenvalue weighted by molar-refractivity contribution is -0.133. The van der Waals surface area contributed by atoms with Crippen molar-refractivity contribution in [3.05, 3.63) is 29.8 Å². The van der Waals surface area contributed by atoms with Gasteiger partial charge in [-0.15, -0.1) is 0 Å². The molecule has 4 rings (SSSR count). The normalized spacial score (nSPS) is 22.5.